The van der Waals surface area contributed by atoms with Gasteiger partial charge in [0.05, 0.1) is 10.7 Å². The third-order valence-electron chi connectivity index (χ3n) is 3.09. The molecule has 2 aromatic carbocycles. The van der Waals surface area contributed by atoms with Crippen LogP contribution in [0.5, 0.6) is 5.75 Å². The Bertz CT molecular complexity index is 804. The molecule has 2 aromatic rings. The number of anilines is 2. The lowest BCUT2D eigenvalue weighted by Gasteiger charge is -2.12. The summed E-state index contributed by atoms with van der Waals surface area (Å²) in [6.45, 7) is 0. The molecule has 25 heavy (non-hydrogen) atoms. The quantitative estimate of drug-likeness (QED) is 0.745. The van der Waals surface area contributed by atoms with Gasteiger partial charge in [0.1, 0.15) is 5.75 Å². The predicted molar refractivity (Wildman–Crippen MR) is 93.4 cm³/mol. The summed E-state index contributed by atoms with van der Waals surface area (Å²) in [4.78, 5) is 4.10. The Kier molecular flexibility index (Phi) is 5.93. The molecule has 0 aliphatic heterocycles. The smallest absolute Gasteiger partial charge is 0.406 e. The number of aliphatic imine (C=N–C) groups is 1. The van der Waals surface area contributed by atoms with Crippen LogP contribution in [0.3, 0.4) is 0 Å². The predicted octanol–water partition coefficient (Wildman–Crippen LogP) is 4.79. The topological polar surface area (TPSA) is 59.6 Å². The number of allylic oxidation sites excluding steroid dienone is 1. The molecular formula is C17H15ClF3N3O. The minimum absolute atomic E-state index is 0.292. The second-order valence-electron chi connectivity index (χ2n) is 4.87. The summed E-state index contributed by atoms with van der Waals surface area (Å²) in [7, 11) is 1.58. The Hall–Kier alpha value is -2.67. The van der Waals surface area contributed by atoms with Gasteiger partial charge >= 0.3 is 6.36 Å². The molecule has 8 heteroatoms. The van der Waals surface area contributed by atoms with Gasteiger partial charge in [0.2, 0.25) is 0 Å². The van der Waals surface area contributed by atoms with Gasteiger partial charge in [-0.2, -0.15) is 0 Å². The molecule has 0 unspecified atom stereocenters. The molecule has 0 radical (unpaired) electrons. The first-order valence-corrected chi connectivity index (χ1v) is 7.48. The average molecular weight is 370 g/mol. The zero-order chi connectivity index (χ0) is 18.4. The van der Waals surface area contributed by atoms with Crippen LogP contribution in [-0.4, -0.2) is 19.1 Å². The summed E-state index contributed by atoms with van der Waals surface area (Å²) >= 11 is 6.02. The van der Waals surface area contributed by atoms with E-state index in [-0.39, 0.29) is 5.75 Å². The number of nitrogens with zero attached hydrogens (tertiary/aromatic N) is 1. The number of hydrogen-bond donors (Lipinski definition) is 2. The van der Waals surface area contributed by atoms with E-state index in [9.17, 15) is 13.2 Å². The summed E-state index contributed by atoms with van der Waals surface area (Å²) in [5.41, 5.74) is 7.71. The van der Waals surface area contributed by atoms with Gasteiger partial charge in [0, 0.05) is 36.3 Å². The Morgan fingerprint density at radius 1 is 1.16 bits per heavy atom. The zero-order valence-electron chi connectivity index (χ0n) is 13.1. The summed E-state index contributed by atoms with van der Waals surface area (Å²) in [6, 6.07) is 12.6. The van der Waals surface area contributed by atoms with Crippen LogP contribution in [0.25, 0.3) is 0 Å². The number of hydrogen-bond acceptors (Lipinski definition) is 4. The second-order valence-corrected chi connectivity index (χ2v) is 5.28. The fourth-order valence-corrected chi connectivity index (χ4v) is 2.33. The van der Waals surface area contributed by atoms with Crippen LogP contribution >= 0.6 is 11.6 Å². The molecule has 0 saturated carbocycles. The van der Waals surface area contributed by atoms with E-state index in [1.165, 1.54) is 24.4 Å². The van der Waals surface area contributed by atoms with Crippen molar-refractivity contribution in [3.8, 4) is 5.75 Å². The molecule has 0 aromatic heterocycles. The Labute approximate surface area is 147 Å². The highest BCUT2D eigenvalue weighted by atomic mass is 35.5. The van der Waals surface area contributed by atoms with E-state index < -0.39 is 6.36 Å². The van der Waals surface area contributed by atoms with Crippen molar-refractivity contribution >= 4 is 28.7 Å². The lowest BCUT2D eigenvalue weighted by atomic mass is 10.1. The maximum absolute atomic E-state index is 12.3. The average Bonchev–Trinajstić information content (AvgIpc) is 2.54. The first-order valence-electron chi connectivity index (χ1n) is 7.10. The minimum Gasteiger partial charge on any atom is -0.406 e. The van der Waals surface area contributed by atoms with E-state index in [0.717, 1.165) is 0 Å². The fraction of sp³-hybridized carbons (Fsp3) is 0.118. The molecule has 0 fully saturated rings. The first-order chi connectivity index (χ1) is 11.8. The van der Waals surface area contributed by atoms with E-state index in [1.54, 1.807) is 37.4 Å². The third-order valence-corrected chi connectivity index (χ3v) is 3.39. The maximum atomic E-state index is 12.3. The van der Waals surface area contributed by atoms with Gasteiger partial charge in [-0.15, -0.1) is 13.2 Å². The highest BCUT2D eigenvalue weighted by molar-refractivity contribution is 6.46. The molecule has 0 amide bonds. The van der Waals surface area contributed by atoms with E-state index in [2.05, 4.69) is 15.0 Å². The number of nitrogens with two attached hydrogens (primary N) is 1. The van der Waals surface area contributed by atoms with Crippen LogP contribution in [0.15, 0.2) is 64.8 Å². The van der Waals surface area contributed by atoms with Crippen molar-refractivity contribution in [2.75, 3.05) is 12.4 Å². The summed E-state index contributed by atoms with van der Waals surface area (Å²) in [5, 5.41) is 3.30. The van der Waals surface area contributed by atoms with Gasteiger partial charge < -0.3 is 15.8 Å². The highest BCUT2D eigenvalue weighted by Crippen LogP contribution is 2.27. The third kappa shape index (κ3) is 5.42. The van der Waals surface area contributed by atoms with Crippen LogP contribution in [0.1, 0.15) is 5.56 Å². The van der Waals surface area contributed by atoms with Crippen molar-refractivity contribution in [1.82, 2.24) is 0 Å². The van der Waals surface area contributed by atoms with Gasteiger partial charge in [-0.05, 0) is 24.3 Å². The van der Waals surface area contributed by atoms with Crippen LogP contribution in [-0.2, 0) is 0 Å². The fourth-order valence-electron chi connectivity index (χ4n) is 2.13. The van der Waals surface area contributed by atoms with Crippen molar-refractivity contribution in [2.45, 2.75) is 6.36 Å². The molecule has 0 atom stereocenters. The summed E-state index contributed by atoms with van der Waals surface area (Å²) in [6.07, 6.45) is -3.50. The van der Waals surface area contributed by atoms with Crippen LogP contribution in [0.2, 0.25) is 0 Å². The lowest BCUT2D eigenvalue weighted by molar-refractivity contribution is -0.274. The standard InChI is InChI=1S/C17H15ClF3N3O/c1-23-16(15(18)10-22)11-4-2-5-12(8-11)24-13-6-3-7-14(9-13)25-17(19,20)21/h2-10,24H,22H2,1H3. The first kappa shape index (κ1) is 18.7. The normalized spacial score (nSPS) is 12.8. The molecule has 132 valence electrons. The zero-order valence-corrected chi connectivity index (χ0v) is 13.9. The Balaban J connectivity index is 2.24. The number of halogens is 4. The van der Waals surface area contributed by atoms with Crippen LogP contribution < -0.4 is 15.8 Å². The van der Waals surface area contributed by atoms with Gasteiger partial charge in [-0.25, -0.2) is 0 Å². The number of nitrogens with one attached hydrogen (secondary N) is 1. The van der Waals surface area contributed by atoms with Crippen LogP contribution in [0.4, 0.5) is 24.5 Å². The number of rotatable bonds is 5. The van der Waals surface area contributed by atoms with E-state index in [0.29, 0.717) is 27.7 Å². The van der Waals surface area contributed by atoms with E-state index in [4.69, 9.17) is 17.3 Å². The molecule has 3 N–H and O–H groups in total. The Morgan fingerprint density at radius 2 is 1.80 bits per heavy atom. The molecule has 0 bridgehead atoms. The monoisotopic (exact) mass is 369 g/mol. The summed E-state index contributed by atoms with van der Waals surface area (Å²) < 4.78 is 40.8. The SMILES string of the molecule is CN=C(C(Cl)=CN)c1cccc(Nc2cccc(OC(F)(F)F)c2)c1. The van der Waals surface area contributed by atoms with Crippen molar-refractivity contribution in [3.63, 3.8) is 0 Å². The molecule has 0 heterocycles. The van der Waals surface area contributed by atoms with Gasteiger partial charge in [-0.3, -0.25) is 4.99 Å². The van der Waals surface area contributed by atoms with Crippen LogP contribution in [0, 0.1) is 0 Å². The molecule has 0 aliphatic rings. The molecule has 0 spiro atoms. The van der Waals surface area contributed by atoms with E-state index in [1.807, 2.05) is 0 Å². The van der Waals surface area contributed by atoms with Crippen molar-refractivity contribution in [1.29, 1.82) is 0 Å². The van der Waals surface area contributed by atoms with Gasteiger partial charge in [0.25, 0.3) is 0 Å². The molecule has 2 rings (SSSR count). The van der Waals surface area contributed by atoms with Gasteiger partial charge in [-0.1, -0.05) is 29.8 Å². The molecular weight excluding hydrogens is 355 g/mol. The van der Waals surface area contributed by atoms with E-state index >= 15 is 0 Å². The minimum atomic E-state index is -4.74. The summed E-state index contributed by atoms with van der Waals surface area (Å²) in [5.74, 6) is -0.307. The molecule has 0 saturated heterocycles. The van der Waals surface area contributed by atoms with Gasteiger partial charge in [0.15, 0.2) is 0 Å². The molecule has 0 aliphatic carbocycles. The van der Waals surface area contributed by atoms with Crippen molar-refractivity contribution in [3.05, 3.63) is 65.3 Å². The number of benzene rings is 2. The Morgan fingerprint density at radius 3 is 2.40 bits per heavy atom. The largest absolute Gasteiger partial charge is 0.573 e. The molecule has 4 nitrogen and oxygen atoms in total. The lowest BCUT2D eigenvalue weighted by Crippen LogP contribution is -2.17. The highest BCUT2D eigenvalue weighted by Gasteiger charge is 2.31. The number of ether oxygens (including phenoxy) is 1. The van der Waals surface area contributed by atoms with Crippen molar-refractivity contribution in [2.24, 2.45) is 10.7 Å². The number of alkyl halides is 3. The second kappa shape index (κ2) is 7.94. The maximum Gasteiger partial charge on any atom is 0.573 e. The van der Waals surface area contributed by atoms with Crippen molar-refractivity contribution < 1.29 is 17.9 Å².